The fraction of sp³-hybridized carbons (Fsp3) is 0.0571. The number of benzene rings is 10. The van der Waals surface area contributed by atoms with Gasteiger partial charge in [0.2, 0.25) is 0 Å². The number of aromatic nitrogens is 5. The fourth-order valence-corrected chi connectivity index (χ4v) is 12.0. The van der Waals surface area contributed by atoms with E-state index in [0.717, 1.165) is 83.7 Å². The van der Waals surface area contributed by atoms with Crippen molar-refractivity contribution >= 4 is 54.6 Å². The Kier molecular flexibility index (Phi) is 9.72. The minimum atomic E-state index is -0.0677. The third-order valence-electron chi connectivity index (χ3n) is 15.5. The van der Waals surface area contributed by atoms with Gasteiger partial charge in [0.1, 0.15) is 17.3 Å². The highest BCUT2D eigenvalue weighted by Gasteiger charge is 2.27. The molecule has 0 spiro atoms. The van der Waals surface area contributed by atoms with Crippen molar-refractivity contribution in [2.24, 2.45) is 0 Å². The summed E-state index contributed by atoms with van der Waals surface area (Å²) in [5.41, 5.74) is 20.1. The van der Waals surface area contributed by atoms with Gasteiger partial charge in [-0.25, -0.2) is 4.98 Å². The van der Waals surface area contributed by atoms with Gasteiger partial charge in [0.05, 0.1) is 44.5 Å². The highest BCUT2D eigenvalue weighted by Crippen LogP contribution is 2.46. The molecule has 0 fully saturated rings. The minimum absolute atomic E-state index is 0.0677. The lowest BCUT2D eigenvalue weighted by molar-refractivity contribution is -0.570. The summed E-state index contributed by atoms with van der Waals surface area (Å²) in [5.74, 6) is 2.30. The zero-order valence-electron chi connectivity index (χ0n) is 42.2. The molecule has 6 nitrogen and oxygen atoms in total. The van der Waals surface area contributed by atoms with E-state index in [9.17, 15) is 0 Å². The standard InChI is InChI=1S/C70H49N5O/c1-70(2,3)46-38-39-71-67(40-46)75-64-37-34-48(74-62-31-13-11-26-56(62)57-27-12-14-32-63(57)74)42-61(64)58-36-35-50(43-66(58)75)76-49-21-15-20-47(41-49)72-44-73-68-51(45-18-5-4-6-19-45)28-16-29-59(68)54-24-9-7-22-52(54)53-23-8-10-25-55(53)60-30-17-33-65(72)69(60)73/h4-43H,1-3H3. The van der Waals surface area contributed by atoms with Gasteiger partial charge >= 0.3 is 0 Å². The Labute approximate surface area is 440 Å². The predicted octanol–water partition coefficient (Wildman–Crippen LogP) is 17.4. The lowest BCUT2D eigenvalue weighted by atomic mass is 9.88. The molecule has 6 heteroatoms. The number of rotatable bonds is 6. The van der Waals surface area contributed by atoms with Crippen LogP contribution >= 0.6 is 0 Å². The summed E-state index contributed by atoms with van der Waals surface area (Å²) in [6.07, 6.45) is 5.88. The predicted molar refractivity (Wildman–Crippen MR) is 311 cm³/mol. The van der Waals surface area contributed by atoms with Crippen molar-refractivity contribution in [3.63, 3.8) is 0 Å². The first-order valence-corrected chi connectivity index (χ1v) is 26.0. The summed E-state index contributed by atoms with van der Waals surface area (Å²) in [6, 6.07) is 85.0. The molecular formula is C70H49N5O. The third-order valence-corrected chi connectivity index (χ3v) is 15.5. The molecule has 1 aliphatic rings. The van der Waals surface area contributed by atoms with Gasteiger partial charge in [-0.15, -0.1) is 0 Å². The first kappa shape index (κ1) is 43.8. The van der Waals surface area contributed by atoms with Crippen molar-refractivity contribution < 1.29 is 9.30 Å². The zero-order valence-corrected chi connectivity index (χ0v) is 42.2. The van der Waals surface area contributed by atoms with Crippen molar-refractivity contribution in [1.82, 2.24) is 18.7 Å². The molecule has 0 amide bonds. The molecule has 0 N–H and O–H groups in total. The molecule has 0 unspecified atom stereocenters. The number of fused-ring (bicyclic) bond motifs is 13. The van der Waals surface area contributed by atoms with Crippen molar-refractivity contribution in [3.8, 4) is 78.9 Å². The molecule has 0 saturated carbocycles. The maximum atomic E-state index is 6.98. The van der Waals surface area contributed by atoms with Crippen LogP contribution in [0.25, 0.3) is 122 Å². The van der Waals surface area contributed by atoms with Crippen LogP contribution in [0.4, 0.5) is 0 Å². The largest absolute Gasteiger partial charge is 0.458 e. The smallest absolute Gasteiger partial charge is 0.269 e. The SMILES string of the molecule is CC(C)(C)c1ccnc(-n2c3ccc(-n4c5ccccc5c5ccccc54)cc3c3ccc(Oc4cccc(-n5[c-][n+]6c7c(cccc75)-c5ccccc5-c5ccccc5-c5cccc(-c7ccccc7)c5-6)c4)cc32)c1. The summed E-state index contributed by atoms with van der Waals surface area (Å²) in [7, 11) is 0. The van der Waals surface area contributed by atoms with Gasteiger partial charge in [0.15, 0.2) is 0 Å². The molecule has 10 aromatic carbocycles. The monoisotopic (exact) mass is 975 g/mol. The molecule has 15 rings (SSSR count). The van der Waals surface area contributed by atoms with Crippen LogP contribution in [0.2, 0.25) is 0 Å². The van der Waals surface area contributed by atoms with Crippen LogP contribution in [0.1, 0.15) is 26.3 Å². The Balaban J connectivity index is 0.895. The second-order valence-corrected chi connectivity index (χ2v) is 20.9. The Morgan fingerprint density at radius 2 is 0.987 bits per heavy atom. The molecule has 76 heavy (non-hydrogen) atoms. The van der Waals surface area contributed by atoms with E-state index in [1.54, 1.807) is 0 Å². The van der Waals surface area contributed by atoms with Crippen LogP contribution in [0, 0.1) is 6.33 Å². The Bertz CT molecular complexity index is 4610. The van der Waals surface area contributed by atoms with E-state index in [1.807, 2.05) is 12.3 Å². The van der Waals surface area contributed by atoms with E-state index in [-0.39, 0.29) is 5.41 Å². The fourth-order valence-electron chi connectivity index (χ4n) is 12.0. The summed E-state index contributed by atoms with van der Waals surface area (Å²) in [4.78, 5) is 5.04. The number of ether oxygens (including phenoxy) is 1. The van der Waals surface area contributed by atoms with E-state index >= 15 is 0 Å². The summed E-state index contributed by atoms with van der Waals surface area (Å²) in [5, 5.41) is 4.72. The molecule has 0 radical (unpaired) electrons. The van der Waals surface area contributed by atoms with Crippen molar-refractivity contribution in [3.05, 3.63) is 255 Å². The van der Waals surface area contributed by atoms with Crippen LogP contribution in [0.3, 0.4) is 0 Å². The molecule has 4 aromatic heterocycles. The molecule has 5 heterocycles. The highest BCUT2D eigenvalue weighted by atomic mass is 16.5. The van der Waals surface area contributed by atoms with Gasteiger partial charge in [0.25, 0.3) is 6.33 Å². The van der Waals surface area contributed by atoms with Crippen molar-refractivity contribution in [2.45, 2.75) is 26.2 Å². The van der Waals surface area contributed by atoms with Crippen molar-refractivity contribution in [1.29, 1.82) is 0 Å². The van der Waals surface area contributed by atoms with E-state index in [1.165, 1.54) is 49.6 Å². The van der Waals surface area contributed by atoms with Crippen LogP contribution in [-0.2, 0) is 5.41 Å². The first-order chi connectivity index (χ1) is 37.3. The third kappa shape index (κ3) is 6.80. The average molecular weight is 976 g/mol. The molecule has 0 bridgehead atoms. The normalized spacial score (nSPS) is 12.1. The number of pyridine rings is 1. The Morgan fingerprint density at radius 1 is 0.408 bits per heavy atom. The first-order valence-electron chi connectivity index (χ1n) is 26.0. The van der Waals surface area contributed by atoms with E-state index in [2.05, 4.69) is 276 Å². The molecule has 14 aromatic rings. The van der Waals surface area contributed by atoms with E-state index in [0.29, 0.717) is 5.75 Å². The topological polar surface area (TPSA) is 40.8 Å². The number of imidazole rings is 1. The zero-order chi connectivity index (χ0) is 50.6. The average Bonchev–Trinajstić information content (AvgIpc) is 4.17. The Hall–Kier alpha value is -9.78. The van der Waals surface area contributed by atoms with E-state index < -0.39 is 0 Å². The molecule has 1 aliphatic heterocycles. The molecular weight excluding hydrogens is 927 g/mol. The van der Waals surface area contributed by atoms with Gasteiger partial charge in [-0.05, 0) is 128 Å². The van der Waals surface area contributed by atoms with Gasteiger partial charge < -0.3 is 9.30 Å². The molecule has 360 valence electrons. The summed E-state index contributed by atoms with van der Waals surface area (Å²) < 4.78 is 16.2. The number of nitrogens with zero attached hydrogens (tertiary/aromatic N) is 5. The van der Waals surface area contributed by atoms with E-state index in [4.69, 9.17) is 9.72 Å². The number of hydrogen-bond acceptors (Lipinski definition) is 2. The highest BCUT2D eigenvalue weighted by molar-refractivity contribution is 6.12. The minimum Gasteiger partial charge on any atom is -0.458 e. The van der Waals surface area contributed by atoms with Crippen LogP contribution in [-0.4, -0.2) is 18.7 Å². The van der Waals surface area contributed by atoms with Gasteiger partial charge in [-0.1, -0.05) is 178 Å². The van der Waals surface area contributed by atoms with Gasteiger partial charge in [0, 0.05) is 39.5 Å². The van der Waals surface area contributed by atoms with Crippen molar-refractivity contribution in [2.75, 3.05) is 0 Å². The van der Waals surface area contributed by atoms with Crippen LogP contribution in [0.15, 0.2) is 243 Å². The second kappa shape index (κ2) is 16.9. The second-order valence-electron chi connectivity index (χ2n) is 20.9. The molecule has 0 atom stereocenters. The maximum absolute atomic E-state index is 6.98. The summed E-state index contributed by atoms with van der Waals surface area (Å²) >= 11 is 0. The lowest BCUT2D eigenvalue weighted by Gasteiger charge is -2.20. The maximum Gasteiger partial charge on any atom is 0.269 e. The van der Waals surface area contributed by atoms with Crippen LogP contribution < -0.4 is 9.30 Å². The molecule has 0 aliphatic carbocycles. The number of hydrogen-bond donors (Lipinski definition) is 0. The number of para-hydroxylation sites is 4. The molecule has 0 saturated heterocycles. The lowest BCUT2D eigenvalue weighted by Crippen LogP contribution is -2.32. The van der Waals surface area contributed by atoms with Gasteiger partial charge in [-0.3, -0.25) is 13.7 Å². The van der Waals surface area contributed by atoms with Gasteiger partial charge in [-0.2, -0.15) is 0 Å². The Morgan fingerprint density at radius 3 is 1.74 bits per heavy atom. The van der Waals surface area contributed by atoms with Crippen LogP contribution in [0.5, 0.6) is 11.5 Å². The summed E-state index contributed by atoms with van der Waals surface area (Å²) in [6.45, 7) is 6.75. The quantitative estimate of drug-likeness (QED) is 0.123.